The number of hydrogen-bond donors (Lipinski definition) is 5. The summed E-state index contributed by atoms with van der Waals surface area (Å²) in [4.78, 5) is 0. The molecule has 0 aliphatic rings. The van der Waals surface area contributed by atoms with E-state index in [4.69, 9.17) is 28.4 Å². The summed E-state index contributed by atoms with van der Waals surface area (Å²) < 4.78 is 24.0. The minimum absolute atomic E-state index is 2.17. The van der Waals surface area contributed by atoms with Crippen LogP contribution in [0.15, 0.2) is 0 Å². The monoisotopic (exact) mass is 176 g/mol. The molecule has 0 amide bonds. The van der Waals surface area contributed by atoms with Crippen molar-refractivity contribution in [1.82, 2.24) is 0 Å². The summed E-state index contributed by atoms with van der Waals surface area (Å²) in [5.41, 5.74) is 0. The highest BCUT2D eigenvalue weighted by atomic mass is 32.9. The third-order valence-corrected chi connectivity index (χ3v) is 0. The summed E-state index contributed by atoms with van der Waals surface area (Å²) >= 11 is 3.47. The van der Waals surface area contributed by atoms with Gasteiger partial charge < -0.3 is 15.1 Å². The van der Waals surface area contributed by atoms with Crippen LogP contribution < -0.4 is 0 Å². The molecule has 0 aliphatic carbocycles. The largest absolute Gasteiger partial charge is 0.631 e. The third-order valence-electron chi connectivity index (χ3n) is 0. The quantitative estimate of drug-likeness (QED) is 0.261. The van der Waals surface area contributed by atoms with E-state index in [-0.39, 0.29) is 0 Å². The van der Waals surface area contributed by atoms with Crippen molar-refractivity contribution in [2.24, 2.45) is 0 Å². The first-order valence-electron chi connectivity index (χ1n) is 1.47. The second-order valence-electron chi connectivity index (χ2n) is 0.794. The van der Waals surface area contributed by atoms with Gasteiger partial charge in [0.2, 0.25) is 0 Å². The Bertz CT molecular complexity index is 122. The maximum atomic E-state index is 9.11. The molecule has 0 spiro atoms. The molecule has 0 bridgehead atoms. The van der Waals surface area contributed by atoms with Gasteiger partial charge in [0, 0.05) is 11.2 Å². The van der Waals surface area contributed by atoms with E-state index in [2.05, 4.69) is 11.2 Å². The Morgan fingerprint density at radius 2 is 1.22 bits per heavy atom. The van der Waals surface area contributed by atoms with Crippen molar-refractivity contribution in [2.45, 2.75) is 0 Å². The second kappa shape index (κ2) is 5.05. The standard InChI is InChI=1S/BH3O3.H2O3S2/c2-1(3)4;1-5(2,3)4/h2-4H;(H2,1,2,3,4). The molecule has 0 heterocycles. The maximum Gasteiger partial charge on any atom is 0.631 e. The van der Waals surface area contributed by atoms with Crippen LogP contribution in [0.25, 0.3) is 0 Å². The van der Waals surface area contributed by atoms with Crippen LogP contribution in [0.2, 0.25) is 0 Å². The molecular formula is H5BO6S2. The Morgan fingerprint density at radius 1 is 1.22 bits per heavy atom. The van der Waals surface area contributed by atoms with Gasteiger partial charge in [-0.1, -0.05) is 0 Å². The lowest BCUT2D eigenvalue weighted by Gasteiger charge is -1.73. The fraction of sp³-hybridized carbons (Fsp3) is 0. The minimum atomic E-state index is -3.83. The summed E-state index contributed by atoms with van der Waals surface area (Å²) in [5, 5.41) is 21.5. The van der Waals surface area contributed by atoms with Gasteiger partial charge in [-0.25, -0.2) is 0 Å². The molecule has 0 radical (unpaired) electrons. The van der Waals surface area contributed by atoms with E-state index in [0.29, 0.717) is 0 Å². The lowest BCUT2D eigenvalue weighted by molar-refractivity contribution is 0.278. The molecule has 0 fully saturated rings. The van der Waals surface area contributed by atoms with Crippen LogP contribution in [-0.4, -0.2) is 35.7 Å². The van der Waals surface area contributed by atoms with Crippen LogP contribution in [0.5, 0.6) is 0 Å². The molecule has 0 aromatic rings. The van der Waals surface area contributed by atoms with Crippen LogP contribution in [0.1, 0.15) is 0 Å². The van der Waals surface area contributed by atoms with Gasteiger partial charge in [-0.05, 0) is 0 Å². The molecule has 0 saturated carbocycles. The van der Waals surface area contributed by atoms with Gasteiger partial charge >= 0.3 is 7.32 Å². The maximum absolute atomic E-state index is 9.11. The van der Waals surface area contributed by atoms with Gasteiger partial charge in [0.1, 0.15) is 0 Å². The first-order valence-corrected chi connectivity index (χ1v) is 3.87. The molecular weight excluding hydrogens is 171 g/mol. The Labute approximate surface area is 56.6 Å². The average Bonchev–Trinajstić information content (AvgIpc) is 1.19. The predicted molar refractivity (Wildman–Crippen MR) is 33.2 cm³/mol. The second-order valence-corrected chi connectivity index (χ2v) is 2.99. The summed E-state index contributed by atoms with van der Waals surface area (Å²) in [7, 11) is -6.00. The van der Waals surface area contributed by atoms with E-state index in [1.54, 1.807) is 0 Å². The minimum Gasteiger partial charge on any atom is -0.402 e. The van der Waals surface area contributed by atoms with Crippen molar-refractivity contribution in [2.75, 3.05) is 0 Å². The zero-order valence-corrected chi connectivity index (χ0v) is 5.67. The molecule has 0 unspecified atom stereocenters. The van der Waals surface area contributed by atoms with E-state index < -0.39 is 16.4 Å². The number of hydrogen-bond acceptors (Lipinski definition) is 5. The molecule has 0 aromatic heterocycles. The molecule has 5 N–H and O–H groups in total. The lowest BCUT2D eigenvalue weighted by Crippen LogP contribution is -2.07. The van der Waals surface area contributed by atoms with Crippen molar-refractivity contribution in [3.05, 3.63) is 0 Å². The SMILES string of the molecule is O=S(O)(O)=S.OB(O)O. The third kappa shape index (κ3) is 5800. The summed E-state index contributed by atoms with van der Waals surface area (Å²) in [6.45, 7) is 0. The first kappa shape index (κ1) is 12.0. The van der Waals surface area contributed by atoms with E-state index in [0.717, 1.165) is 0 Å². The molecule has 9 heteroatoms. The molecule has 0 aliphatic heterocycles. The Balaban J connectivity index is 0. The number of rotatable bonds is 0. The summed E-state index contributed by atoms with van der Waals surface area (Å²) in [6.07, 6.45) is 0. The molecule has 0 atom stereocenters. The molecule has 0 aromatic carbocycles. The van der Waals surface area contributed by atoms with Gasteiger partial charge in [-0.3, -0.25) is 9.11 Å². The van der Waals surface area contributed by atoms with Gasteiger partial charge in [-0.15, -0.1) is 0 Å². The van der Waals surface area contributed by atoms with Gasteiger partial charge in [0.25, 0.3) is 9.05 Å². The lowest BCUT2D eigenvalue weighted by atomic mass is 10.3. The summed E-state index contributed by atoms with van der Waals surface area (Å²) in [6, 6.07) is 0. The molecule has 0 saturated heterocycles. The zero-order valence-electron chi connectivity index (χ0n) is 4.04. The van der Waals surface area contributed by atoms with Crippen molar-refractivity contribution >= 4 is 27.6 Å². The van der Waals surface area contributed by atoms with E-state index in [1.165, 1.54) is 0 Å². The molecule has 56 valence electrons. The van der Waals surface area contributed by atoms with Crippen LogP contribution in [0.4, 0.5) is 0 Å². The topological polar surface area (TPSA) is 118 Å². The Hall–Kier alpha value is 0.235. The van der Waals surface area contributed by atoms with Crippen LogP contribution in [0.3, 0.4) is 0 Å². The summed E-state index contributed by atoms with van der Waals surface area (Å²) in [5.74, 6) is 0. The molecule has 9 heavy (non-hydrogen) atoms. The zero-order chi connectivity index (χ0) is 8.08. The molecule has 6 nitrogen and oxygen atoms in total. The van der Waals surface area contributed by atoms with Crippen molar-refractivity contribution in [1.29, 1.82) is 0 Å². The van der Waals surface area contributed by atoms with Gasteiger partial charge in [0.05, 0.1) is 0 Å². The highest BCUT2D eigenvalue weighted by Gasteiger charge is 1.92. The van der Waals surface area contributed by atoms with E-state index in [1.807, 2.05) is 0 Å². The van der Waals surface area contributed by atoms with Crippen molar-refractivity contribution in [3.8, 4) is 0 Å². The van der Waals surface area contributed by atoms with Crippen LogP contribution >= 0.6 is 0 Å². The average molecular weight is 176 g/mol. The van der Waals surface area contributed by atoms with E-state index >= 15 is 0 Å². The predicted octanol–water partition coefficient (Wildman–Crippen LogP) is -2.37. The van der Waals surface area contributed by atoms with Gasteiger partial charge in [-0.2, -0.15) is 4.21 Å². The highest BCUT2D eigenvalue weighted by Crippen LogP contribution is 1.62. The Morgan fingerprint density at radius 3 is 1.22 bits per heavy atom. The fourth-order valence-corrected chi connectivity index (χ4v) is 0. The Kier molecular flexibility index (Phi) is 6.72. The smallest absolute Gasteiger partial charge is 0.402 e. The van der Waals surface area contributed by atoms with Crippen LogP contribution in [-0.2, 0) is 20.2 Å². The van der Waals surface area contributed by atoms with Crippen LogP contribution in [0, 0.1) is 0 Å². The molecule has 0 rings (SSSR count). The first-order chi connectivity index (χ1) is 3.73. The van der Waals surface area contributed by atoms with Crippen molar-refractivity contribution < 1.29 is 28.4 Å². The van der Waals surface area contributed by atoms with E-state index in [9.17, 15) is 0 Å². The van der Waals surface area contributed by atoms with Crippen molar-refractivity contribution in [3.63, 3.8) is 0 Å². The van der Waals surface area contributed by atoms with Gasteiger partial charge in [0.15, 0.2) is 0 Å². The normalized spacial score (nSPS) is 9.44. The fourth-order valence-electron chi connectivity index (χ4n) is 0. The highest BCUT2D eigenvalue weighted by molar-refractivity contribution is 8.26.